The monoisotopic (exact) mass is 247 g/mol. The lowest BCUT2D eigenvalue weighted by Gasteiger charge is -2.27. The third-order valence-electron chi connectivity index (χ3n) is 3.09. The van der Waals surface area contributed by atoms with Crippen molar-refractivity contribution in [2.45, 2.75) is 26.4 Å². The smallest absolute Gasteiger partial charge is 0.244 e. The molecule has 0 aromatic heterocycles. The maximum Gasteiger partial charge on any atom is 0.244 e. The minimum Gasteiger partial charge on any atom is -0.388 e. The minimum absolute atomic E-state index is 0.0934. The second-order valence-electron chi connectivity index (χ2n) is 4.97. The van der Waals surface area contributed by atoms with Crippen LogP contribution in [0, 0.1) is 5.92 Å². The molecule has 0 saturated heterocycles. The number of aliphatic hydroxyl groups is 1. The lowest BCUT2D eigenvalue weighted by molar-refractivity contribution is -0.118. The molecule has 0 aliphatic carbocycles. The number of carbonyl (C=O) groups is 1. The Balaban J connectivity index is 2.46. The van der Waals surface area contributed by atoms with Crippen LogP contribution in [0.4, 0.5) is 0 Å². The highest BCUT2D eigenvalue weighted by Crippen LogP contribution is 2.14. The van der Waals surface area contributed by atoms with E-state index in [-0.39, 0.29) is 18.4 Å². The molecule has 1 amide bonds. The topological polar surface area (TPSA) is 49.3 Å². The van der Waals surface area contributed by atoms with E-state index in [1.165, 1.54) is 6.08 Å². The van der Waals surface area contributed by atoms with E-state index < -0.39 is 5.60 Å². The van der Waals surface area contributed by atoms with Crippen LogP contribution in [0.3, 0.4) is 0 Å². The molecule has 0 radical (unpaired) electrons. The van der Waals surface area contributed by atoms with Crippen LogP contribution >= 0.6 is 0 Å². The van der Waals surface area contributed by atoms with Crippen LogP contribution < -0.4 is 5.32 Å². The molecule has 1 atom stereocenters. The molecule has 0 aliphatic rings. The van der Waals surface area contributed by atoms with Crippen molar-refractivity contribution in [1.82, 2.24) is 5.32 Å². The molecule has 0 saturated carbocycles. The maximum absolute atomic E-state index is 11.6. The molecule has 98 valence electrons. The number of carbonyl (C=O) groups excluding carboxylic acids is 1. The molecule has 0 spiro atoms. The largest absolute Gasteiger partial charge is 0.388 e. The van der Waals surface area contributed by atoms with Gasteiger partial charge >= 0.3 is 0 Å². The number of rotatable bonds is 5. The van der Waals surface area contributed by atoms with Crippen LogP contribution in [0.5, 0.6) is 0 Å². The maximum atomic E-state index is 11.6. The Morgan fingerprint density at radius 3 is 2.56 bits per heavy atom. The van der Waals surface area contributed by atoms with E-state index in [1.54, 1.807) is 13.0 Å². The van der Waals surface area contributed by atoms with Crippen LogP contribution in [0.2, 0.25) is 0 Å². The highest BCUT2D eigenvalue weighted by molar-refractivity contribution is 5.91. The van der Waals surface area contributed by atoms with Crippen molar-refractivity contribution >= 4 is 12.0 Å². The van der Waals surface area contributed by atoms with Gasteiger partial charge in [-0.25, -0.2) is 0 Å². The molecule has 1 rings (SSSR count). The lowest BCUT2D eigenvalue weighted by Crippen LogP contribution is -2.43. The average molecular weight is 247 g/mol. The summed E-state index contributed by atoms with van der Waals surface area (Å²) in [6.07, 6.45) is 3.23. The van der Waals surface area contributed by atoms with Gasteiger partial charge in [-0.05, 0) is 24.5 Å². The Morgan fingerprint density at radius 1 is 1.39 bits per heavy atom. The van der Waals surface area contributed by atoms with Gasteiger partial charge in [0.1, 0.15) is 0 Å². The Morgan fingerprint density at radius 2 is 2.00 bits per heavy atom. The predicted octanol–water partition coefficient (Wildman–Crippen LogP) is 2.22. The summed E-state index contributed by atoms with van der Waals surface area (Å²) in [6.45, 7) is 5.82. The highest BCUT2D eigenvalue weighted by Gasteiger charge is 2.24. The van der Waals surface area contributed by atoms with Crippen LogP contribution in [0.1, 0.15) is 26.3 Å². The summed E-state index contributed by atoms with van der Waals surface area (Å²) in [4.78, 5) is 11.6. The second kappa shape index (κ2) is 6.36. The van der Waals surface area contributed by atoms with E-state index >= 15 is 0 Å². The fraction of sp³-hybridized carbons (Fsp3) is 0.400. The summed E-state index contributed by atoms with van der Waals surface area (Å²) in [7, 11) is 0. The van der Waals surface area contributed by atoms with Gasteiger partial charge in [-0.2, -0.15) is 0 Å². The number of benzene rings is 1. The standard InChI is InChI=1S/C15H21NO2/c1-12(2)15(3,18)11-16-14(17)10-9-13-7-5-4-6-8-13/h4-10,12,18H,11H2,1-3H3,(H,16,17)/b10-9+/t15-/m0/s1. The second-order valence-corrected chi connectivity index (χ2v) is 4.97. The molecule has 3 heteroatoms. The molecular weight excluding hydrogens is 226 g/mol. The molecule has 0 bridgehead atoms. The van der Waals surface area contributed by atoms with Gasteiger partial charge in [-0.15, -0.1) is 0 Å². The molecule has 18 heavy (non-hydrogen) atoms. The summed E-state index contributed by atoms with van der Waals surface area (Å²) in [6, 6.07) is 9.61. The highest BCUT2D eigenvalue weighted by atomic mass is 16.3. The zero-order chi connectivity index (χ0) is 13.6. The molecule has 0 unspecified atom stereocenters. The zero-order valence-corrected chi connectivity index (χ0v) is 11.2. The first-order valence-electron chi connectivity index (χ1n) is 6.15. The predicted molar refractivity (Wildman–Crippen MR) is 73.9 cm³/mol. The van der Waals surface area contributed by atoms with Gasteiger partial charge in [-0.1, -0.05) is 44.2 Å². The van der Waals surface area contributed by atoms with Crippen molar-refractivity contribution in [3.8, 4) is 0 Å². The van der Waals surface area contributed by atoms with Crippen LogP contribution in [-0.4, -0.2) is 23.2 Å². The first kappa shape index (κ1) is 14.5. The van der Waals surface area contributed by atoms with E-state index in [0.717, 1.165) is 5.56 Å². The van der Waals surface area contributed by atoms with Gasteiger partial charge in [-0.3, -0.25) is 4.79 Å². The van der Waals surface area contributed by atoms with Crippen LogP contribution in [-0.2, 0) is 4.79 Å². The SMILES string of the molecule is CC(C)[C@@](C)(O)CNC(=O)/C=C/c1ccccc1. The number of nitrogens with one attached hydrogen (secondary N) is 1. The Bertz CT molecular complexity index is 408. The van der Waals surface area contributed by atoms with Crippen molar-refractivity contribution in [3.05, 3.63) is 42.0 Å². The summed E-state index contributed by atoms with van der Waals surface area (Å²) in [5.74, 6) is -0.101. The molecule has 0 fully saturated rings. The van der Waals surface area contributed by atoms with Gasteiger partial charge < -0.3 is 10.4 Å². The van der Waals surface area contributed by atoms with E-state index in [0.29, 0.717) is 0 Å². The fourth-order valence-corrected chi connectivity index (χ4v) is 1.27. The van der Waals surface area contributed by atoms with Crippen molar-refractivity contribution < 1.29 is 9.90 Å². The van der Waals surface area contributed by atoms with E-state index in [2.05, 4.69) is 5.32 Å². The van der Waals surface area contributed by atoms with Crippen molar-refractivity contribution in [1.29, 1.82) is 0 Å². The third kappa shape index (κ3) is 4.72. The number of amides is 1. The van der Waals surface area contributed by atoms with Crippen LogP contribution in [0.25, 0.3) is 6.08 Å². The number of hydrogen-bond donors (Lipinski definition) is 2. The lowest BCUT2D eigenvalue weighted by atomic mass is 9.92. The van der Waals surface area contributed by atoms with E-state index in [9.17, 15) is 9.90 Å². The molecule has 1 aromatic rings. The quantitative estimate of drug-likeness (QED) is 0.784. The molecular formula is C15H21NO2. The molecule has 0 aliphatic heterocycles. The molecule has 3 nitrogen and oxygen atoms in total. The van der Waals surface area contributed by atoms with Gasteiger partial charge in [0.15, 0.2) is 0 Å². The first-order chi connectivity index (χ1) is 8.42. The van der Waals surface area contributed by atoms with Crippen molar-refractivity contribution in [3.63, 3.8) is 0 Å². The third-order valence-corrected chi connectivity index (χ3v) is 3.09. The van der Waals surface area contributed by atoms with Crippen molar-refractivity contribution in [2.24, 2.45) is 5.92 Å². The molecule has 0 heterocycles. The molecule has 2 N–H and O–H groups in total. The molecule has 1 aromatic carbocycles. The number of hydrogen-bond acceptors (Lipinski definition) is 2. The minimum atomic E-state index is -0.879. The zero-order valence-electron chi connectivity index (χ0n) is 11.2. The summed E-state index contributed by atoms with van der Waals surface area (Å²) >= 11 is 0. The first-order valence-corrected chi connectivity index (χ1v) is 6.15. The fourth-order valence-electron chi connectivity index (χ4n) is 1.27. The Labute approximate surface area is 109 Å². The summed E-state index contributed by atoms with van der Waals surface area (Å²) in [5.41, 5.74) is 0.0965. The Kier molecular flexibility index (Phi) is 5.10. The summed E-state index contributed by atoms with van der Waals surface area (Å²) < 4.78 is 0. The summed E-state index contributed by atoms with van der Waals surface area (Å²) in [5, 5.41) is 12.7. The van der Waals surface area contributed by atoms with Gasteiger partial charge in [0.25, 0.3) is 0 Å². The average Bonchev–Trinajstić information content (AvgIpc) is 2.35. The van der Waals surface area contributed by atoms with Gasteiger partial charge in [0.05, 0.1) is 5.60 Å². The van der Waals surface area contributed by atoms with Crippen LogP contribution in [0.15, 0.2) is 36.4 Å². The van der Waals surface area contributed by atoms with Gasteiger partial charge in [0, 0.05) is 12.6 Å². The van der Waals surface area contributed by atoms with E-state index in [4.69, 9.17) is 0 Å². The van der Waals surface area contributed by atoms with Gasteiger partial charge in [0.2, 0.25) is 5.91 Å². The normalized spacial score (nSPS) is 14.7. The van der Waals surface area contributed by atoms with E-state index in [1.807, 2.05) is 44.2 Å². The van der Waals surface area contributed by atoms with Crippen molar-refractivity contribution in [2.75, 3.05) is 6.54 Å². The Hall–Kier alpha value is -1.61.